The van der Waals surface area contributed by atoms with Gasteiger partial charge in [-0.05, 0) is 48.1 Å². The van der Waals surface area contributed by atoms with Crippen molar-refractivity contribution < 1.29 is 24.6 Å². The molecule has 31 heavy (non-hydrogen) atoms. The number of azide groups is 1. The molecule has 2 aromatic carbocycles. The van der Waals surface area contributed by atoms with E-state index in [1.807, 2.05) is 30.3 Å². The maximum absolute atomic E-state index is 13.2. The Morgan fingerprint density at radius 3 is 2.42 bits per heavy atom. The molecule has 0 fully saturated rings. The summed E-state index contributed by atoms with van der Waals surface area (Å²) in [5, 5.41) is 22.6. The second-order valence-corrected chi connectivity index (χ2v) is 7.60. The number of imide groups is 1. The molecule has 1 aliphatic heterocycles. The molecule has 0 radical (unpaired) electrons. The third-order valence-corrected chi connectivity index (χ3v) is 5.38. The number of carboxylic acids is 1. The first-order chi connectivity index (χ1) is 14.9. The van der Waals surface area contributed by atoms with E-state index in [1.54, 1.807) is 6.92 Å². The van der Waals surface area contributed by atoms with Crippen molar-refractivity contribution in [1.82, 2.24) is 4.90 Å². The number of amides is 2. The number of rotatable bonds is 9. The first-order valence-corrected chi connectivity index (χ1v) is 9.81. The van der Waals surface area contributed by atoms with Crippen molar-refractivity contribution in [1.29, 1.82) is 0 Å². The summed E-state index contributed by atoms with van der Waals surface area (Å²) >= 11 is 0. The first kappa shape index (κ1) is 22.0. The lowest BCUT2D eigenvalue weighted by Gasteiger charge is -2.32. The quantitative estimate of drug-likeness (QED) is 0.276. The Kier molecular flexibility index (Phi) is 6.69. The Hall–Kier alpha value is -3.68. The average Bonchev–Trinajstić information content (AvgIpc) is 3.02. The van der Waals surface area contributed by atoms with Crippen LogP contribution in [0.15, 0.2) is 53.6 Å². The Morgan fingerprint density at radius 2 is 1.81 bits per heavy atom. The minimum absolute atomic E-state index is 0.0119. The molecule has 1 aliphatic rings. The van der Waals surface area contributed by atoms with E-state index in [2.05, 4.69) is 10.0 Å². The zero-order valence-corrected chi connectivity index (χ0v) is 16.9. The molecule has 0 spiro atoms. The van der Waals surface area contributed by atoms with Crippen molar-refractivity contribution in [3.63, 3.8) is 0 Å². The van der Waals surface area contributed by atoms with Crippen LogP contribution in [-0.4, -0.2) is 51.6 Å². The standard InChI is InChI=1S/C22H22N4O5/c1-13(12-27)9-18(24-25-23)19(10-14-5-3-2-4-6-14)26-20(28)16-8-7-15(22(30)31)11-17(16)21(26)29/h2-8,11,13,18-19,27H,9-10,12H2,1H3,(H,30,31)/t13-,18+,19+/m1/s1. The summed E-state index contributed by atoms with van der Waals surface area (Å²) in [7, 11) is 0. The lowest BCUT2D eigenvalue weighted by molar-refractivity contribution is 0.0547. The maximum atomic E-state index is 13.2. The highest BCUT2D eigenvalue weighted by Gasteiger charge is 2.43. The number of carbonyl (C=O) groups is 3. The van der Waals surface area contributed by atoms with E-state index in [0.29, 0.717) is 0 Å². The number of benzene rings is 2. The lowest BCUT2D eigenvalue weighted by atomic mass is 9.91. The molecule has 160 valence electrons. The minimum Gasteiger partial charge on any atom is -0.478 e. The van der Waals surface area contributed by atoms with E-state index in [0.717, 1.165) is 10.5 Å². The molecule has 3 atom stereocenters. The highest BCUT2D eigenvalue weighted by atomic mass is 16.4. The second-order valence-electron chi connectivity index (χ2n) is 7.60. The van der Waals surface area contributed by atoms with Gasteiger partial charge in [-0.25, -0.2) is 4.79 Å². The van der Waals surface area contributed by atoms with Gasteiger partial charge in [-0.2, -0.15) is 0 Å². The van der Waals surface area contributed by atoms with Gasteiger partial charge in [-0.1, -0.05) is 42.4 Å². The summed E-state index contributed by atoms with van der Waals surface area (Å²) in [6, 6.07) is 11.4. The number of fused-ring (bicyclic) bond motifs is 1. The molecular weight excluding hydrogens is 400 g/mol. The molecule has 0 saturated carbocycles. The molecule has 2 amide bonds. The zero-order chi connectivity index (χ0) is 22.5. The van der Waals surface area contributed by atoms with Crippen LogP contribution in [0.3, 0.4) is 0 Å². The van der Waals surface area contributed by atoms with Gasteiger partial charge < -0.3 is 10.2 Å². The average molecular weight is 422 g/mol. The third kappa shape index (κ3) is 4.58. The molecule has 2 aromatic rings. The highest BCUT2D eigenvalue weighted by molar-refractivity contribution is 6.22. The van der Waals surface area contributed by atoms with Crippen LogP contribution < -0.4 is 0 Å². The van der Waals surface area contributed by atoms with Crippen molar-refractivity contribution in [2.24, 2.45) is 11.0 Å². The van der Waals surface area contributed by atoms with Crippen LogP contribution in [0.1, 0.15) is 50.0 Å². The molecule has 9 nitrogen and oxygen atoms in total. The van der Waals surface area contributed by atoms with Gasteiger partial charge in [-0.3, -0.25) is 14.5 Å². The molecule has 2 N–H and O–H groups in total. The number of carbonyl (C=O) groups excluding carboxylic acids is 2. The van der Waals surface area contributed by atoms with Crippen molar-refractivity contribution in [3.8, 4) is 0 Å². The van der Waals surface area contributed by atoms with Gasteiger partial charge in [0.1, 0.15) is 0 Å². The van der Waals surface area contributed by atoms with Crippen LogP contribution in [-0.2, 0) is 6.42 Å². The molecule has 0 saturated heterocycles. The van der Waals surface area contributed by atoms with Crippen molar-refractivity contribution in [3.05, 3.63) is 81.2 Å². The van der Waals surface area contributed by atoms with E-state index in [4.69, 9.17) is 5.53 Å². The monoisotopic (exact) mass is 422 g/mol. The Bertz CT molecular complexity index is 1050. The van der Waals surface area contributed by atoms with Gasteiger partial charge >= 0.3 is 5.97 Å². The van der Waals surface area contributed by atoms with Crippen LogP contribution in [0.25, 0.3) is 10.4 Å². The number of carboxylic acid groups (broad SMARTS) is 1. The van der Waals surface area contributed by atoms with Crippen LogP contribution in [0.5, 0.6) is 0 Å². The van der Waals surface area contributed by atoms with Gasteiger partial charge in [0.25, 0.3) is 11.8 Å². The van der Waals surface area contributed by atoms with Crippen molar-refractivity contribution in [2.45, 2.75) is 31.8 Å². The second kappa shape index (κ2) is 9.42. The van der Waals surface area contributed by atoms with E-state index < -0.39 is 29.9 Å². The van der Waals surface area contributed by atoms with Gasteiger partial charge in [0.2, 0.25) is 0 Å². The Labute approximate surface area is 178 Å². The topological polar surface area (TPSA) is 144 Å². The smallest absolute Gasteiger partial charge is 0.335 e. The van der Waals surface area contributed by atoms with E-state index >= 15 is 0 Å². The van der Waals surface area contributed by atoms with E-state index in [9.17, 15) is 24.6 Å². The summed E-state index contributed by atoms with van der Waals surface area (Å²) in [6.45, 7) is 1.64. The van der Waals surface area contributed by atoms with Gasteiger partial charge in [0.05, 0.1) is 28.8 Å². The van der Waals surface area contributed by atoms with Crippen LogP contribution in [0, 0.1) is 5.92 Å². The maximum Gasteiger partial charge on any atom is 0.335 e. The number of hydrogen-bond acceptors (Lipinski definition) is 5. The molecular formula is C22H22N4O5. The zero-order valence-electron chi connectivity index (χ0n) is 16.9. The minimum atomic E-state index is -1.20. The summed E-state index contributed by atoms with van der Waals surface area (Å²) in [6.07, 6.45) is 0.520. The fourth-order valence-electron chi connectivity index (χ4n) is 3.78. The molecule has 0 unspecified atom stereocenters. The van der Waals surface area contributed by atoms with Gasteiger partial charge in [-0.15, -0.1) is 0 Å². The SMILES string of the molecule is C[C@@H](CO)C[C@H](N=[N+]=[N-])[C@H](Cc1ccccc1)N1C(=O)c2ccc(C(=O)O)cc2C1=O. The van der Waals surface area contributed by atoms with E-state index in [-0.39, 0.29) is 42.1 Å². The molecule has 0 aromatic heterocycles. The number of aromatic carboxylic acids is 1. The van der Waals surface area contributed by atoms with Crippen LogP contribution in [0.2, 0.25) is 0 Å². The first-order valence-electron chi connectivity index (χ1n) is 9.81. The predicted molar refractivity (Wildman–Crippen MR) is 112 cm³/mol. The summed E-state index contributed by atoms with van der Waals surface area (Å²) in [4.78, 5) is 41.6. The largest absolute Gasteiger partial charge is 0.478 e. The summed E-state index contributed by atoms with van der Waals surface area (Å²) in [5.74, 6) is -2.61. The summed E-state index contributed by atoms with van der Waals surface area (Å²) in [5.41, 5.74) is 9.99. The molecule has 0 bridgehead atoms. The van der Waals surface area contributed by atoms with Crippen LogP contribution >= 0.6 is 0 Å². The fraction of sp³-hybridized carbons (Fsp3) is 0.318. The Morgan fingerprint density at radius 1 is 1.13 bits per heavy atom. The third-order valence-electron chi connectivity index (χ3n) is 5.38. The normalized spacial score (nSPS) is 15.7. The van der Waals surface area contributed by atoms with E-state index in [1.165, 1.54) is 18.2 Å². The van der Waals surface area contributed by atoms with Gasteiger partial charge in [0.15, 0.2) is 0 Å². The molecule has 9 heteroatoms. The number of nitrogens with zero attached hydrogens (tertiary/aromatic N) is 4. The number of hydrogen-bond donors (Lipinski definition) is 2. The fourth-order valence-corrected chi connectivity index (χ4v) is 3.78. The van der Waals surface area contributed by atoms with Crippen molar-refractivity contribution >= 4 is 17.8 Å². The molecule has 3 rings (SSSR count). The number of aliphatic hydroxyl groups excluding tert-OH is 1. The Balaban J connectivity index is 2.05. The van der Waals surface area contributed by atoms with Crippen molar-refractivity contribution in [2.75, 3.05) is 6.61 Å². The van der Waals surface area contributed by atoms with Gasteiger partial charge in [0, 0.05) is 11.5 Å². The molecule has 1 heterocycles. The predicted octanol–water partition coefficient (Wildman–Crippen LogP) is 3.29. The number of aliphatic hydroxyl groups is 1. The summed E-state index contributed by atoms with van der Waals surface area (Å²) < 4.78 is 0. The lowest BCUT2D eigenvalue weighted by Crippen LogP contribution is -2.48. The van der Waals surface area contributed by atoms with Crippen LogP contribution in [0.4, 0.5) is 0 Å². The molecule has 0 aliphatic carbocycles. The highest BCUT2D eigenvalue weighted by Crippen LogP contribution is 2.30.